The van der Waals surface area contributed by atoms with Gasteiger partial charge in [-0.25, -0.2) is 0 Å². The number of carbonyl (C=O) groups is 1. The summed E-state index contributed by atoms with van der Waals surface area (Å²) in [7, 11) is 0. The zero-order chi connectivity index (χ0) is 14.8. The van der Waals surface area contributed by atoms with E-state index in [2.05, 4.69) is 21.2 Å². The zero-order valence-corrected chi connectivity index (χ0v) is 14.3. The SMILES string of the molecule is Cc1cccc(NC(=O)C2CCC3CCCCC3C2)c1Br. The van der Waals surface area contributed by atoms with Crippen LogP contribution in [-0.4, -0.2) is 5.91 Å². The Labute approximate surface area is 135 Å². The highest BCUT2D eigenvalue weighted by atomic mass is 79.9. The molecule has 2 aliphatic rings. The van der Waals surface area contributed by atoms with Gasteiger partial charge in [0.05, 0.1) is 5.69 Å². The molecular weight excluding hydrogens is 326 g/mol. The number of hydrogen-bond acceptors (Lipinski definition) is 1. The normalized spacial score (nSPS) is 28.8. The molecule has 3 rings (SSSR count). The lowest BCUT2D eigenvalue weighted by atomic mass is 9.67. The van der Waals surface area contributed by atoms with Crippen LogP contribution in [0.4, 0.5) is 5.69 Å². The van der Waals surface area contributed by atoms with Crippen LogP contribution in [0.15, 0.2) is 22.7 Å². The molecule has 3 atom stereocenters. The summed E-state index contributed by atoms with van der Waals surface area (Å²) in [6.07, 6.45) is 8.90. The summed E-state index contributed by atoms with van der Waals surface area (Å²) in [4.78, 5) is 12.6. The van der Waals surface area contributed by atoms with Crippen LogP contribution >= 0.6 is 15.9 Å². The molecule has 3 unspecified atom stereocenters. The Morgan fingerprint density at radius 1 is 1.14 bits per heavy atom. The standard InChI is InChI=1S/C18H24BrNO/c1-12-5-4-8-16(17(12)19)20-18(21)15-10-9-13-6-2-3-7-14(13)11-15/h4-5,8,13-15H,2-3,6-7,9-11H2,1H3,(H,20,21). The van der Waals surface area contributed by atoms with E-state index in [4.69, 9.17) is 0 Å². The minimum Gasteiger partial charge on any atom is -0.325 e. The third-order valence-corrected chi connectivity index (χ3v) is 6.41. The van der Waals surface area contributed by atoms with E-state index < -0.39 is 0 Å². The Hall–Kier alpha value is -0.830. The molecule has 0 heterocycles. The van der Waals surface area contributed by atoms with Crippen molar-refractivity contribution < 1.29 is 4.79 Å². The molecule has 0 bridgehead atoms. The van der Waals surface area contributed by atoms with Crippen LogP contribution in [-0.2, 0) is 4.79 Å². The van der Waals surface area contributed by atoms with Crippen molar-refractivity contribution in [3.8, 4) is 0 Å². The highest BCUT2D eigenvalue weighted by Gasteiger charge is 2.35. The first-order valence-electron chi connectivity index (χ1n) is 8.21. The number of aryl methyl sites for hydroxylation is 1. The maximum Gasteiger partial charge on any atom is 0.227 e. The van der Waals surface area contributed by atoms with E-state index in [0.717, 1.165) is 40.4 Å². The summed E-state index contributed by atoms with van der Waals surface area (Å²) < 4.78 is 1.00. The van der Waals surface area contributed by atoms with Crippen molar-refractivity contribution in [3.63, 3.8) is 0 Å². The van der Waals surface area contributed by atoms with E-state index in [-0.39, 0.29) is 11.8 Å². The number of anilines is 1. The molecule has 1 aromatic carbocycles. The third kappa shape index (κ3) is 3.33. The summed E-state index contributed by atoms with van der Waals surface area (Å²) in [5.41, 5.74) is 2.06. The van der Waals surface area contributed by atoms with Gasteiger partial charge in [-0.1, -0.05) is 37.8 Å². The summed E-state index contributed by atoms with van der Waals surface area (Å²) in [6, 6.07) is 6.02. The summed E-state index contributed by atoms with van der Waals surface area (Å²) in [5.74, 6) is 2.11. The van der Waals surface area contributed by atoms with Gasteiger partial charge in [0.15, 0.2) is 0 Å². The first kappa shape index (κ1) is 15.1. The smallest absolute Gasteiger partial charge is 0.227 e. The van der Waals surface area contributed by atoms with E-state index in [9.17, 15) is 4.79 Å². The summed E-state index contributed by atoms with van der Waals surface area (Å²) >= 11 is 3.57. The molecule has 2 fully saturated rings. The van der Waals surface area contributed by atoms with E-state index in [1.807, 2.05) is 25.1 Å². The predicted octanol–water partition coefficient (Wildman–Crippen LogP) is 5.30. The third-order valence-electron chi connectivity index (χ3n) is 5.36. The molecule has 2 nitrogen and oxygen atoms in total. The van der Waals surface area contributed by atoms with Gasteiger partial charge in [0, 0.05) is 10.4 Å². The van der Waals surface area contributed by atoms with Crippen molar-refractivity contribution >= 4 is 27.5 Å². The molecule has 0 aliphatic heterocycles. The zero-order valence-electron chi connectivity index (χ0n) is 12.7. The fraction of sp³-hybridized carbons (Fsp3) is 0.611. The number of fused-ring (bicyclic) bond motifs is 1. The molecule has 0 radical (unpaired) electrons. The number of benzene rings is 1. The predicted molar refractivity (Wildman–Crippen MR) is 90.3 cm³/mol. The Bertz CT molecular complexity index is 528. The largest absolute Gasteiger partial charge is 0.325 e. The van der Waals surface area contributed by atoms with Crippen molar-refractivity contribution in [2.75, 3.05) is 5.32 Å². The number of rotatable bonds is 2. The van der Waals surface area contributed by atoms with E-state index in [1.165, 1.54) is 32.1 Å². The van der Waals surface area contributed by atoms with Crippen molar-refractivity contribution in [1.29, 1.82) is 0 Å². The Morgan fingerprint density at radius 2 is 1.90 bits per heavy atom. The molecule has 2 saturated carbocycles. The van der Waals surface area contributed by atoms with Gasteiger partial charge in [-0.3, -0.25) is 4.79 Å². The van der Waals surface area contributed by atoms with Crippen LogP contribution in [0.3, 0.4) is 0 Å². The molecule has 0 spiro atoms. The van der Waals surface area contributed by atoms with Gasteiger partial charge >= 0.3 is 0 Å². The van der Waals surface area contributed by atoms with Crippen molar-refractivity contribution in [2.45, 2.75) is 51.9 Å². The highest BCUT2D eigenvalue weighted by Crippen LogP contribution is 2.43. The molecule has 21 heavy (non-hydrogen) atoms. The molecule has 114 valence electrons. The van der Waals surface area contributed by atoms with Gasteiger partial charge in [0.25, 0.3) is 0 Å². The fourth-order valence-electron chi connectivity index (χ4n) is 4.09. The molecule has 1 amide bonds. The van der Waals surface area contributed by atoms with Crippen molar-refractivity contribution in [1.82, 2.24) is 0 Å². The van der Waals surface area contributed by atoms with Gasteiger partial charge in [-0.05, 0) is 65.6 Å². The van der Waals surface area contributed by atoms with E-state index in [1.54, 1.807) is 0 Å². The van der Waals surface area contributed by atoms with E-state index in [0.29, 0.717) is 0 Å². The van der Waals surface area contributed by atoms with Crippen molar-refractivity contribution in [3.05, 3.63) is 28.2 Å². The molecular formula is C18H24BrNO. The maximum atomic E-state index is 12.6. The molecule has 1 aromatic rings. The lowest BCUT2D eigenvalue weighted by Gasteiger charge is -2.38. The topological polar surface area (TPSA) is 29.1 Å². The summed E-state index contributed by atoms with van der Waals surface area (Å²) in [5, 5.41) is 3.13. The second-order valence-electron chi connectivity index (χ2n) is 6.74. The van der Waals surface area contributed by atoms with Crippen LogP contribution < -0.4 is 5.32 Å². The number of halogens is 1. The van der Waals surface area contributed by atoms with Crippen LogP contribution in [0.2, 0.25) is 0 Å². The maximum absolute atomic E-state index is 12.6. The lowest BCUT2D eigenvalue weighted by Crippen LogP contribution is -2.33. The lowest BCUT2D eigenvalue weighted by molar-refractivity contribution is -0.122. The molecule has 0 saturated heterocycles. The molecule has 2 aliphatic carbocycles. The number of hydrogen-bond donors (Lipinski definition) is 1. The first-order chi connectivity index (χ1) is 10.1. The Kier molecular flexibility index (Phi) is 4.68. The summed E-state index contributed by atoms with van der Waals surface area (Å²) in [6.45, 7) is 2.05. The average Bonchev–Trinajstić information content (AvgIpc) is 2.51. The van der Waals surface area contributed by atoms with Crippen LogP contribution in [0, 0.1) is 24.7 Å². The molecule has 1 N–H and O–H groups in total. The van der Waals surface area contributed by atoms with Crippen molar-refractivity contribution in [2.24, 2.45) is 17.8 Å². The fourth-order valence-corrected chi connectivity index (χ4v) is 4.45. The second kappa shape index (κ2) is 6.51. The minimum absolute atomic E-state index is 0.205. The number of carbonyl (C=O) groups excluding carboxylic acids is 1. The van der Waals surface area contributed by atoms with Crippen LogP contribution in [0.25, 0.3) is 0 Å². The minimum atomic E-state index is 0.205. The van der Waals surface area contributed by atoms with Gasteiger partial charge in [-0.2, -0.15) is 0 Å². The first-order valence-corrected chi connectivity index (χ1v) is 9.00. The average molecular weight is 350 g/mol. The van der Waals surface area contributed by atoms with Gasteiger partial charge in [-0.15, -0.1) is 0 Å². The van der Waals surface area contributed by atoms with Crippen LogP contribution in [0.1, 0.15) is 50.5 Å². The quantitative estimate of drug-likeness (QED) is 0.770. The van der Waals surface area contributed by atoms with E-state index >= 15 is 0 Å². The molecule has 3 heteroatoms. The van der Waals surface area contributed by atoms with Crippen LogP contribution in [0.5, 0.6) is 0 Å². The molecule has 0 aromatic heterocycles. The number of nitrogens with one attached hydrogen (secondary N) is 1. The van der Waals surface area contributed by atoms with Gasteiger partial charge in [0.1, 0.15) is 0 Å². The second-order valence-corrected chi connectivity index (χ2v) is 7.53. The van der Waals surface area contributed by atoms with Gasteiger partial charge < -0.3 is 5.32 Å². The monoisotopic (exact) mass is 349 g/mol. The highest BCUT2D eigenvalue weighted by molar-refractivity contribution is 9.10. The number of amides is 1. The van der Waals surface area contributed by atoms with Gasteiger partial charge in [0.2, 0.25) is 5.91 Å². The Morgan fingerprint density at radius 3 is 2.71 bits per heavy atom. The Balaban J connectivity index is 1.64.